The summed E-state index contributed by atoms with van der Waals surface area (Å²) in [4.78, 5) is 11.4. The first-order valence-corrected chi connectivity index (χ1v) is 7.62. The predicted octanol–water partition coefficient (Wildman–Crippen LogP) is 2.60. The smallest absolute Gasteiger partial charge is 0.195 e. The van der Waals surface area contributed by atoms with Crippen LogP contribution in [0.3, 0.4) is 0 Å². The maximum atomic E-state index is 4.67. The summed E-state index contributed by atoms with van der Waals surface area (Å²) in [6, 6.07) is 0. The minimum absolute atomic E-state index is 0. The molecule has 120 valence electrons. The molecule has 0 bridgehead atoms. The number of guanidine groups is 1. The van der Waals surface area contributed by atoms with E-state index in [0.29, 0.717) is 0 Å². The van der Waals surface area contributed by atoms with Crippen molar-refractivity contribution in [2.24, 2.45) is 10.9 Å². The number of piperidine rings is 1. The van der Waals surface area contributed by atoms with E-state index in [0.717, 1.165) is 18.4 Å². The van der Waals surface area contributed by atoms with Crippen molar-refractivity contribution in [3.63, 3.8) is 0 Å². The lowest BCUT2D eigenvalue weighted by Crippen LogP contribution is -2.35. The van der Waals surface area contributed by atoms with Gasteiger partial charge in [-0.25, -0.2) is 0 Å². The SMILES string of the molecule is CC1CCN(CCCCN=C(N(C)C)N(C)C)CC1.I. The molecule has 0 spiro atoms. The van der Waals surface area contributed by atoms with Crippen LogP contribution in [-0.2, 0) is 0 Å². The summed E-state index contributed by atoms with van der Waals surface area (Å²) in [5.74, 6) is 2.00. The van der Waals surface area contributed by atoms with Gasteiger partial charge in [-0.1, -0.05) is 6.92 Å². The van der Waals surface area contributed by atoms with Crippen molar-refractivity contribution < 1.29 is 0 Å². The van der Waals surface area contributed by atoms with Crippen LogP contribution in [0.4, 0.5) is 0 Å². The Morgan fingerprint density at radius 3 is 2.10 bits per heavy atom. The Bertz CT molecular complexity index is 261. The van der Waals surface area contributed by atoms with Crippen LogP contribution in [0.5, 0.6) is 0 Å². The van der Waals surface area contributed by atoms with E-state index in [1.807, 2.05) is 28.2 Å². The minimum Gasteiger partial charge on any atom is -0.349 e. The van der Waals surface area contributed by atoms with E-state index >= 15 is 0 Å². The number of nitrogens with zero attached hydrogens (tertiary/aromatic N) is 4. The van der Waals surface area contributed by atoms with Crippen LogP contribution in [-0.4, -0.2) is 75.0 Å². The van der Waals surface area contributed by atoms with E-state index in [9.17, 15) is 0 Å². The van der Waals surface area contributed by atoms with Gasteiger partial charge in [0.1, 0.15) is 0 Å². The van der Waals surface area contributed by atoms with Crippen molar-refractivity contribution in [3.05, 3.63) is 0 Å². The van der Waals surface area contributed by atoms with Gasteiger partial charge in [0.15, 0.2) is 5.96 Å². The molecule has 20 heavy (non-hydrogen) atoms. The molecule has 0 atom stereocenters. The summed E-state index contributed by atoms with van der Waals surface area (Å²) >= 11 is 0. The Morgan fingerprint density at radius 2 is 1.60 bits per heavy atom. The Morgan fingerprint density at radius 1 is 1.05 bits per heavy atom. The first-order valence-electron chi connectivity index (χ1n) is 7.62. The Labute approximate surface area is 142 Å². The van der Waals surface area contributed by atoms with Crippen molar-refractivity contribution in [3.8, 4) is 0 Å². The molecule has 1 rings (SSSR count). The van der Waals surface area contributed by atoms with Gasteiger partial charge in [-0.05, 0) is 51.2 Å². The van der Waals surface area contributed by atoms with Crippen molar-refractivity contribution in [2.45, 2.75) is 32.6 Å². The van der Waals surface area contributed by atoms with E-state index in [2.05, 4.69) is 26.6 Å². The largest absolute Gasteiger partial charge is 0.349 e. The van der Waals surface area contributed by atoms with Gasteiger partial charge in [0.05, 0.1) is 0 Å². The summed E-state index contributed by atoms with van der Waals surface area (Å²) in [7, 11) is 8.20. The lowest BCUT2D eigenvalue weighted by molar-refractivity contribution is 0.190. The summed E-state index contributed by atoms with van der Waals surface area (Å²) in [5.41, 5.74) is 0. The molecule has 1 saturated heterocycles. The third-order valence-electron chi connectivity index (χ3n) is 3.81. The van der Waals surface area contributed by atoms with Crippen molar-refractivity contribution in [1.29, 1.82) is 0 Å². The molecular formula is C15H33IN4. The Balaban J connectivity index is 0.00000361. The number of unbranched alkanes of at least 4 members (excludes halogenated alkanes) is 1. The molecule has 0 aromatic rings. The quantitative estimate of drug-likeness (QED) is 0.309. The van der Waals surface area contributed by atoms with E-state index in [-0.39, 0.29) is 24.0 Å². The molecule has 1 fully saturated rings. The zero-order valence-electron chi connectivity index (χ0n) is 13.9. The van der Waals surface area contributed by atoms with Gasteiger partial charge in [-0.2, -0.15) is 0 Å². The molecular weight excluding hydrogens is 363 g/mol. The summed E-state index contributed by atoms with van der Waals surface area (Å²) < 4.78 is 0. The van der Waals surface area contributed by atoms with Crippen LogP contribution < -0.4 is 0 Å². The van der Waals surface area contributed by atoms with Gasteiger partial charge in [-0.3, -0.25) is 4.99 Å². The molecule has 0 aromatic heterocycles. The molecule has 4 nitrogen and oxygen atoms in total. The molecule has 1 aliphatic heterocycles. The van der Waals surface area contributed by atoms with Crippen LogP contribution in [0.1, 0.15) is 32.6 Å². The highest BCUT2D eigenvalue weighted by Crippen LogP contribution is 2.16. The zero-order valence-corrected chi connectivity index (χ0v) is 16.3. The summed E-state index contributed by atoms with van der Waals surface area (Å²) in [5, 5.41) is 0. The maximum absolute atomic E-state index is 4.67. The number of likely N-dealkylation sites (tertiary alicyclic amines) is 1. The highest BCUT2D eigenvalue weighted by Gasteiger charge is 2.14. The van der Waals surface area contributed by atoms with Crippen LogP contribution in [0.15, 0.2) is 4.99 Å². The lowest BCUT2D eigenvalue weighted by Gasteiger charge is -2.30. The molecule has 0 saturated carbocycles. The van der Waals surface area contributed by atoms with E-state index in [1.165, 1.54) is 45.3 Å². The van der Waals surface area contributed by atoms with Crippen molar-refractivity contribution >= 4 is 29.9 Å². The fraction of sp³-hybridized carbons (Fsp3) is 0.933. The summed E-state index contributed by atoms with van der Waals surface area (Å²) in [6.45, 7) is 7.16. The van der Waals surface area contributed by atoms with Gasteiger partial charge in [0.25, 0.3) is 0 Å². The topological polar surface area (TPSA) is 22.1 Å². The summed E-state index contributed by atoms with van der Waals surface area (Å²) in [6.07, 6.45) is 5.22. The van der Waals surface area contributed by atoms with Gasteiger partial charge in [0, 0.05) is 34.7 Å². The van der Waals surface area contributed by atoms with Crippen LogP contribution in [0.25, 0.3) is 0 Å². The molecule has 0 aromatic carbocycles. The van der Waals surface area contributed by atoms with E-state index in [4.69, 9.17) is 0 Å². The fourth-order valence-corrected chi connectivity index (χ4v) is 2.59. The second-order valence-corrected chi connectivity index (χ2v) is 6.20. The second-order valence-electron chi connectivity index (χ2n) is 6.20. The predicted molar refractivity (Wildman–Crippen MR) is 99.2 cm³/mol. The average Bonchev–Trinajstić information content (AvgIpc) is 2.34. The first-order chi connectivity index (χ1) is 9.00. The number of aliphatic imine (C=N–C) groups is 1. The van der Waals surface area contributed by atoms with Crippen LogP contribution >= 0.6 is 24.0 Å². The van der Waals surface area contributed by atoms with Gasteiger partial charge < -0.3 is 14.7 Å². The highest BCUT2D eigenvalue weighted by atomic mass is 127. The van der Waals surface area contributed by atoms with Crippen molar-refractivity contribution in [1.82, 2.24) is 14.7 Å². The molecule has 5 heteroatoms. The third kappa shape index (κ3) is 7.67. The maximum Gasteiger partial charge on any atom is 0.195 e. The van der Waals surface area contributed by atoms with Crippen LogP contribution in [0.2, 0.25) is 0 Å². The fourth-order valence-electron chi connectivity index (χ4n) is 2.59. The normalized spacial score (nSPS) is 16.4. The standard InChI is InChI=1S/C15H32N4.HI/c1-14-8-12-19(13-9-14)11-7-6-10-16-15(17(2)3)18(4)5;/h14H,6-13H2,1-5H3;1H. The zero-order chi connectivity index (χ0) is 14.3. The van der Waals surface area contributed by atoms with Crippen molar-refractivity contribution in [2.75, 3.05) is 54.4 Å². The lowest BCUT2D eigenvalue weighted by atomic mass is 9.99. The van der Waals surface area contributed by atoms with Crippen LogP contribution in [0, 0.1) is 5.92 Å². The van der Waals surface area contributed by atoms with Gasteiger partial charge >= 0.3 is 0 Å². The molecule has 1 aliphatic rings. The monoisotopic (exact) mass is 396 g/mol. The van der Waals surface area contributed by atoms with E-state index < -0.39 is 0 Å². The number of hydrogen-bond acceptors (Lipinski definition) is 2. The Hall–Kier alpha value is -0.0400. The number of hydrogen-bond donors (Lipinski definition) is 0. The second kappa shape index (κ2) is 10.7. The van der Waals surface area contributed by atoms with Gasteiger partial charge in [-0.15, -0.1) is 24.0 Å². The number of halogens is 1. The molecule has 0 aliphatic carbocycles. The molecule has 0 amide bonds. The minimum atomic E-state index is 0. The molecule has 1 heterocycles. The van der Waals surface area contributed by atoms with E-state index in [1.54, 1.807) is 0 Å². The van der Waals surface area contributed by atoms with Gasteiger partial charge in [0.2, 0.25) is 0 Å². The third-order valence-corrected chi connectivity index (χ3v) is 3.81. The molecule has 0 radical (unpaired) electrons. The number of rotatable bonds is 5. The molecule has 0 N–H and O–H groups in total. The average molecular weight is 396 g/mol. The highest BCUT2D eigenvalue weighted by molar-refractivity contribution is 14.0. The Kier molecular flexibility index (Phi) is 10.6. The molecule has 0 unspecified atom stereocenters. The first kappa shape index (κ1) is 20.0.